The van der Waals surface area contributed by atoms with E-state index in [4.69, 9.17) is 19.8 Å². The highest BCUT2D eigenvalue weighted by Gasteiger charge is 2.23. The molecule has 37 heavy (non-hydrogen) atoms. The number of anilines is 2. The lowest BCUT2D eigenvalue weighted by Crippen LogP contribution is -2.47. The zero-order chi connectivity index (χ0) is 26.9. The van der Waals surface area contributed by atoms with Crippen LogP contribution in [-0.4, -0.2) is 47.5 Å². The van der Waals surface area contributed by atoms with E-state index in [9.17, 15) is 4.39 Å². The van der Waals surface area contributed by atoms with Crippen LogP contribution in [0, 0.1) is 37.9 Å². The Morgan fingerprint density at radius 3 is 2.30 bits per heavy atom. The number of nitriles is 1. The first-order valence-electron chi connectivity index (χ1n) is 12.3. The summed E-state index contributed by atoms with van der Waals surface area (Å²) in [6, 6.07) is 8.60. The second-order valence-corrected chi connectivity index (χ2v) is 9.06. The molecule has 0 radical (unpaired) electrons. The largest absolute Gasteiger partial charge is 0.373 e. The number of carbonyl (C=O) groups excluding carboxylic acids is 2. The molecule has 3 heterocycles. The minimum absolute atomic E-state index is 0.0128. The van der Waals surface area contributed by atoms with Gasteiger partial charge in [0.1, 0.15) is 17.7 Å². The molecule has 9 heteroatoms. The predicted octanol–water partition coefficient (Wildman–Crippen LogP) is 4.56. The fraction of sp³-hybridized carbons (Fsp3) is 0.393. The highest BCUT2D eigenvalue weighted by molar-refractivity contribution is 5.68. The summed E-state index contributed by atoms with van der Waals surface area (Å²) in [6.07, 6.45) is 5.76. The van der Waals surface area contributed by atoms with E-state index >= 15 is 0 Å². The van der Waals surface area contributed by atoms with Crippen LogP contribution >= 0.6 is 0 Å². The van der Waals surface area contributed by atoms with Crippen molar-refractivity contribution in [3.63, 3.8) is 0 Å². The maximum atomic E-state index is 13.7. The maximum absolute atomic E-state index is 13.7. The summed E-state index contributed by atoms with van der Waals surface area (Å²) < 4.78 is 13.7. The van der Waals surface area contributed by atoms with Crippen molar-refractivity contribution in [2.24, 2.45) is 0 Å². The maximum Gasteiger partial charge on any atom is 0.373 e. The van der Waals surface area contributed by atoms with Crippen LogP contribution in [0.4, 0.5) is 16.0 Å². The Labute approximate surface area is 216 Å². The number of aromatic nitrogens is 3. The van der Waals surface area contributed by atoms with Gasteiger partial charge in [-0.25, -0.2) is 9.37 Å². The molecule has 4 rings (SSSR count). The molecule has 1 aliphatic rings. The van der Waals surface area contributed by atoms with Gasteiger partial charge in [0.25, 0.3) is 0 Å². The van der Waals surface area contributed by atoms with E-state index in [1.807, 2.05) is 26.1 Å². The average Bonchev–Trinajstić information content (AvgIpc) is 2.90. The van der Waals surface area contributed by atoms with Crippen LogP contribution in [0.1, 0.15) is 47.6 Å². The molecule has 0 amide bonds. The lowest BCUT2D eigenvalue weighted by Gasteiger charge is -2.36. The minimum Gasteiger partial charge on any atom is -0.353 e. The highest BCUT2D eigenvalue weighted by Crippen LogP contribution is 2.30. The van der Waals surface area contributed by atoms with Crippen LogP contribution in [-0.2, 0) is 16.0 Å². The minimum atomic E-state index is -0.525. The fourth-order valence-electron chi connectivity index (χ4n) is 4.44. The molecule has 0 bridgehead atoms. The second-order valence-electron chi connectivity index (χ2n) is 9.06. The molecule has 0 saturated carbocycles. The van der Waals surface area contributed by atoms with Gasteiger partial charge in [0.15, 0.2) is 5.82 Å². The number of benzene rings is 1. The van der Waals surface area contributed by atoms with Gasteiger partial charge in [-0.3, -0.25) is 0 Å². The Bertz CT molecular complexity index is 1320. The topological polar surface area (TPSA) is 103 Å². The highest BCUT2D eigenvalue weighted by atomic mass is 19.1. The first-order chi connectivity index (χ1) is 17.8. The molecule has 1 aliphatic heterocycles. The molecule has 1 fully saturated rings. The Kier molecular flexibility index (Phi) is 9.42. The normalized spacial score (nSPS) is 12.9. The number of nitrogens with zero attached hydrogens (tertiary/aromatic N) is 6. The molecule has 1 saturated heterocycles. The van der Waals surface area contributed by atoms with Crippen molar-refractivity contribution < 1.29 is 14.0 Å². The van der Waals surface area contributed by atoms with E-state index in [-0.39, 0.29) is 11.7 Å². The van der Waals surface area contributed by atoms with Gasteiger partial charge < -0.3 is 9.80 Å². The first-order valence-corrected chi connectivity index (χ1v) is 12.3. The van der Waals surface area contributed by atoms with Gasteiger partial charge in [-0.2, -0.15) is 14.9 Å². The summed E-state index contributed by atoms with van der Waals surface area (Å²) >= 11 is 0. The molecule has 1 aromatic carbocycles. The second kappa shape index (κ2) is 12.7. The quantitative estimate of drug-likeness (QED) is 0.483. The van der Waals surface area contributed by atoms with E-state index in [1.165, 1.54) is 36.1 Å². The van der Waals surface area contributed by atoms with E-state index in [1.54, 1.807) is 6.07 Å². The molecule has 2 aromatic heterocycles. The van der Waals surface area contributed by atoms with Crippen molar-refractivity contribution in [2.75, 3.05) is 36.0 Å². The number of piperazine rings is 1. The van der Waals surface area contributed by atoms with Crippen LogP contribution in [0.25, 0.3) is 11.3 Å². The Hall–Kier alpha value is -4.15. The number of aryl methyl sites for hydroxylation is 2. The number of unbranched alkanes of at least 4 members (excludes halogenated alkanes) is 1. The molecular weight excluding hydrogens is 471 g/mol. The first kappa shape index (κ1) is 27.4. The average molecular weight is 503 g/mol. The van der Waals surface area contributed by atoms with Gasteiger partial charge in [0.05, 0.1) is 11.3 Å². The van der Waals surface area contributed by atoms with Gasteiger partial charge >= 0.3 is 6.15 Å². The van der Waals surface area contributed by atoms with Crippen LogP contribution in [0.2, 0.25) is 0 Å². The molecule has 192 valence electrons. The zero-order valence-corrected chi connectivity index (χ0v) is 21.7. The smallest absolute Gasteiger partial charge is 0.353 e. The standard InChI is InChI=1S/C27H31FN6.CO2/c1-5-6-7-22-17-30-25(14-18(22)2)33-10-12-34(13-11-33)27-20(4)19(3)26(31-32-27)21-8-9-24(28)23(15-21)16-29;2-1-3/h8-9,14-15,17H,5-7,10-13H2,1-4H3;. The monoisotopic (exact) mass is 502 g/mol. The molecule has 0 spiro atoms. The Morgan fingerprint density at radius 2 is 1.68 bits per heavy atom. The van der Waals surface area contributed by atoms with Gasteiger partial charge in [0.2, 0.25) is 0 Å². The number of pyridine rings is 1. The van der Waals surface area contributed by atoms with Crippen molar-refractivity contribution in [3.05, 3.63) is 64.1 Å². The number of hydrogen-bond donors (Lipinski definition) is 0. The Morgan fingerprint density at radius 1 is 1.00 bits per heavy atom. The summed E-state index contributed by atoms with van der Waals surface area (Å²) in [5.74, 6) is 1.39. The molecule has 0 N–H and O–H groups in total. The van der Waals surface area contributed by atoms with E-state index in [0.29, 0.717) is 11.3 Å². The molecule has 3 aromatic rings. The SMILES string of the molecule is CCCCc1cnc(N2CCN(c3nnc(-c4ccc(F)c(C#N)c4)c(C)c3C)CC2)cc1C.O=C=O. The molecule has 0 aliphatic carbocycles. The summed E-state index contributed by atoms with van der Waals surface area (Å²) in [4.78, 5) is 25.6. The summed E-state index contributed by atoms with van der Waals surface area (Å²) in [5, 5.41) is 18.2. The third-order valence-corrected chi connectivity index (χ3v) is 6.77. The lowest BCUT2D eigenvalue weighted by atomic mass is 10.0. The fourth-order valence-corrected chi connectivity index (χ4v) is 4.44. The van der Waals surface area contributed by atoms with Crippen LogP contribution in [0.3, 0.4) is 0 Å². The van der Waals surface area contributed by atoms with Gasteiger partial charge in [-0.05, 0) is 80.1 Å². The number of rotatable bonds is 6. The number of hydrogen-bond acceptors (Lipinski definition) is 8. The predicted molar refractivity (Wildman–Crippen MR) is 139 cm³/mol. The van der Waals surface area contributed by atoms with Crippen molar-refractivity contribution in [3.8, 4) is 17.3 Å². The molecule has 0 atom stereocenters. The van der Waals surface area contributed by atoms with E-state index in [0.717, 1.165) is 55.4 Å². The zero-order valence-electron chi connectivity index (χ0n) is 21.7. The van der Waals surface area contributed by atoms with Crippen molar-refractivity contribution in [1.82, 2.24) is 15.2 Å². The van der Waals surface area contributed by atoms with Gasteiger partial charge in [-0.1, -0.05) is 13.3 Å². The van der Waals surface area contributed by atoms with E-state index < -0.39 is 5.82 Å². The van der Waals surface area contributed by atoms with E-state index in [2.05, 4.69) is 39.9 Å². The van der Waals surface area contributed by atoms with Crippen LogP contribution < -0.4 is 9.80 Å². The van der Waals surface area contributed by atoms with Gasteiger partial charge in [0, 0.05) is 37.9 Å². The summed E-state index contributed by atoms with van der Waals surface area (Å²) in [5.41, 5.74) is 6.09. The summed E-state index contributed by atoms with van der Waals surface area (Å²) in [6.45, 7) is 11.8. The summed E-state index contributed by atoms with van der Waals surface area (Å²) in [7, 11) is 0. The number of halogens is 1. The van der Waals surface area contributed by atoms with Gasteiger partial charge in [-0.15, -0.1) is 10.2 Å². The van der Waals surface area contributed by atoms with Crippen LogP contribution in [0.5, 0.6) is 0 Å². The lowest BCUT2D eigenvalue weighted by molar-refractivity contribution is -0.191. The molecular formula is C28H31FN6O2. The van der Waals surface area contributed by atoms with Crippen LogP contribution in [0.15, 0.2) is 30.5 Å². The van der Waals surface area contributed by atoms with Crippen molar-refractivity contribution in [1.29, 1.82) is 5.26 Å². The van der Waals surface area contributed by atoms with Crippen molar-refractivity contribution in [2.45, 2.75) is 47.0 Å². The van der Waals surface area contributed by atoms with Crippen molar-refractivity contribution >= 4 is 17.8 Å². The third kappa shape index (κ3) is 6.35. The third-order valence-electron chi connectivity index (χ3n) is 6.77. The Balaban J connectivity index is 0.00000121. The molecule has 8 nitrogen and oxygen atoms in total. The molecule has 0 unspecified atom stereocenters.